The lowest BCUT2D eigenvalue weighted by Crippen LogP contribution is -2.25. The standard InChI is InChI=1S/C18H14ClN3O3S/c1-25-14-8-3-2-5-11(14)10-15-17(24)20-18(26-15)22-21-16(23)12-6-4-7-13(19)9-12/h2-10H,1H3,(H,21,23)(H,20,22,24). The molecule has 8 heteroatoms. The minimum atomic E-state index is -0.419. The fraction of sp³-hybridized carbons (Fsp3) is 0.0556. The number of para-hydroxylation sites is 1. The number of hydrogen-bond donors (Lipinski definition) is 2. The summed E-state index contributed by atoms with van der Waals surface area (Å²) in [6.45, 7) is 0. The topological polar surface area (TPSA) is 79.8 Å². The van der Waals surface area contributed by atoms with E-state index < -0.39 is 5.91 Å². The fourth-order valence-electron chi connectivity index (χ4n) is 2.20. The van der Waals surface area contributed by atoms with Crippen molar-refractivity contribution in [2.24, 2.45) is 5.10 Å². The SMILES string of the molecule is COc1ccccc1C=C1SC(=NNC(=O)c2cccc(Cl)c2)NC1=O. The number of carbonyl (C=O) groups excluding carboxylic acids is 2. The van der Waals surface area contributed by atoms with E-state index >= 15 is 0 Å². The van der Waals surface area contributed by atoms with Gasteiger partial charge in [0.25, 0.3) is 11.8 Å². The number of amidine groups is 1. The molecule has 2 aromatic carbocycles. The summed E-state index contributed by atoms with van der Waals surface area (Å²) in [6, 6.07) is 13.9. The molecule has 3 rings (SSSR count). The molecule has 1 saturated heterocycles. The van der Waals surface area contributed by atoms with Gasteiger partial charge in [-0.15, -0.1) is 5.10 Å². The Bertz CT molecular complexity index is 927. The van der Waals surface area contributed by atoms with Gasteiger partial charge in [0.15, 0.2) is 5.17 Å². The van der Waals surface area contributed by atoms with Crippen molar-refractivity contribution in [3.8, 4) is 5.75 Å². The van der Waals surface area contributed by atoms with Gasteiger partial charge in [0.2, 0.25) is 0 Å². The van der Waals surface area contributed by atoms with Gasteiger partial charge < -0.3 is 4.74 Å². The maximum Gasteiger partial charge on any atom is 0.271 e. The molecule has 0 spiro atoms. The van der Waals surface area contributed by atoms with Crippen LogP contribution in [-0.2, 0) is 4.79 Å². The van der Waals surface area contributed by atoms with E-state index in [4.69, 9.17) is 16.3 Å². The van der Waals surface area contributed by atoms with E-state index in [2.05, 4.69) is 15.8 Å². The van der Waals surface area contributed by atoms with Crippen LogP contribution in [0.4, 0.5) is 0 Å². The second-order valence-electron chi connectivity index (χ2n) is 5.17. The highest BCUT2D eigenvalue weighted by atomic mass is 35.5. The number of rotatable bonds is 4. The van der Waals surface area contributed by atoms with Crippen LogP contribution in [0.5, 0.6) is 5.75 Å². The maximum atomic E-state index is 12.1. The molecule has 26 heavy (non-hydrogen) atoms. The summed E-state index contributed by atoms with van der Waals surface area (Å²) < 4.78 is 5.27. The Morgan fingerprint density at radius 2 is 2.08 bits per heavy atom. The zero-order chi connectivity index (χ0) is 18.5. The van der Waals surface area contributed by atoms with E-state index in [9.17, 15) is 9.59 Å². The fourth-order valence-corrected chi connectivity index (χ4v) is 3.17. The Morgan fingerprint density at radius 1 is 1.27 bits per heavy atom. The quantitative estimate of drug-likeness (QED) is 0.623. The predicted octanol–water partition coefficient (Wildman–Crippen LogP) is 3.25. The van der Waals surface area contributed by atoms with Crippen LogP contribution in [-0.4, -0.2) is 24.1 Å². The molecule has 1 aliphatic heterocycles. The summed E-state index contributed by atoms with van der Waals surface area (Å²) in [6.07, 6.45) is 1.71. The minimum Gasteiger partial charge on any atom is -0.496 e. The van der Waals surface area contributed by atoms with Gasteiger partial charge in [-0.25, -0.2) is 5.43 Å². The van der Waals surface area contributed by atoms with Gasteiger partial charge in [-0.05, 0) is 42.1 Å². The van der Waals surface area contributed by atoms with Crippen molar-refractivity contribution < 1.29 is 14.3 Å². The first kappa shape index (κ1) is 18.0. The van der Waals surface area contributed by atoms with Crippen LogP contribution >= 0.6 is 23.4 Å². The van der Waals surface area contributed by atoms with Crippen LogP contribution in [0.15, 0.2) is 58.5 Å². The van der Waals surface area contributed by atoms with Crippen molar-refractivity contribution in [1.29, 1.82) is 0 Å². The highest BCUT2D eigenvalue weighted by Gasteiger charge is 2.24. The lowest BCUT2D eigenvalue weighted by molar-refractivity contribution is -0.115. The molecule has 132 valence electrons. The van der Waals surface area contributed by atoms with Gasteiger partial charge in [-0.1, -0.05) is 35.9 Å². The number of nitrogens with one attached hydrogen (secondary N) is 2. The molecule has 2 N–H and O–H groups in total. The molecule has 1 aliphatic rings. The second-order valence-corrected chi connectivity index (χ2v) is 6.64. The van der Waals surface area contributed by atoms with E-state index in [1.54, 1.807) is 31.4 Å². The molecule has 0 aromatic heterocycles. The number of nitrogens with zero attached hydrogens (tertiary/aromatic N) is 1. The zero-order valence-electron chi connectivity index (χ0n) is 13.7. The van der Waals surface area contributed by atoms with Gasteiger partial charge in [-0.3, -0.25) is 14.9 Å². The Hall–Kier alpha value is -2.77. The van der Waals surface area contributed by atoms with Gasteiger partial charge in [0.1, 0.15) is 5.75 Å². The first-order valence-electron chi connectivity index (χ1n) is 7.54. The normalized spacial score (nSPS) is 16.6. The van der Waals surface area contributed by atoms with Crippen molar-refractivity contribution in [2.45, 2.75) is 0 Å². The Kier molecular flexibility index (Phi) is 5.60. The van der Waals surface area contributed by atoms with Crippen molar-refractivity contribution in [2.75, 3.05) is 7.11 Å². The first-order valence-corrected chi connectivity index (χ1v) is 8.74. The number of benzene rings is 2. The summed E-state index contributed by atoms with van der Waals surface area (Å²) in [4.78, 5) is 24.6. The second kappa shape index (κ2) is 8.07. The molecule has 1 fully saturated rings. The van der Waals surface area contributed by atoms with Gasteiger partial charge in [-0.2, -0.15) is 0 Å². The van der Waals surface area contributed by atoms with Gasteiger partial charge in [0, 0.05) is 16.1 Å². The highest BCUT2D eigenvalue weighted by molar-refractivity contribution is 8.18. The van der Waals surface area contributed by atoms with Crippen LogP contribution in [0.1, 0.15) is 15.9 Å². The number of thioether (sulfide) groups is 1. The van der Waals surface area contributed by atoms with E-state index in [0.717, 1.165) is 17.3 Å². The van der Waals surface area contributed by atoms with Crippen LogP contribution in [0.3, 0.4) is 0 Å². The number of ether oxygens (including phenoxy) is 1. The lowest BCUT2D eigenvalue weighted by atomic mass is 10.2. The predicted molar refractivity (Wildman–Crippen MR) is 103 cm³/mol. The molecular weight excluding hydrogens is 374 g/mol. The zero-order valence-corrected chi connectivity index (χ0v) is 15.2. The maximum absolute atomic E-state index is 12.1. The van der Waals surface area contributed by atoms with E-state index in [1.807, 2.05) is 24.3 Å². The van der Waals surface area contributed by atoms with E-state index in [1.165, 1.54) is 6.07 Å². The molecule has 0 aliphatic carbocycles. The summed E-state index contributed by atoms with van der Waals surface area (Å²) >= 11 is 6.99. The van der Waals surface area contributed by atoms with Gasteiger partial charge >= 0.3 is 0 Å². The molecule has 2 amide bonds. The van der Waals surface area contributed by atoms with Crippen LogP contribution < -0.4 is 15.5 Å². The molecule has 1 heterocycles. The number of carbonyl (C=O) groups is 2. The average Bonchev–Trinajstić information content (AvgIpc) is 2.99. The summed E-state index contributed by atoms with van der Waals surface area (Å²) in [5.74, 6) is -0.0540. The lowest BCUT2D eigenvalue weighted by Gasteiger charge is -2.03. The number of amides is 2. The molecule has 6 nitrogen and oxygen atoms in total. The van der Waals surface area contributed by atoms with E-state index in [-0.39, 0.29) is 11.1 Å². The molecule has 0 saturated carbocycles. The monoisotopic (exact) mass is 387 g/mol. The number of methoxy groups -OCH3 is 1. The third kappa shape index (κ3) is 4.25. The van der Waals surface area contributed by atoms with Crippen LogP contribution in [0, 0.1) is 0 Å². The largest absolute Gasteiger partial charge is 0.496 e. The smallest absolute Gasteiger partial charge is 0.271 e. The summed E-state index contributed by atoms with van der Waals surface area (Å²) in [5.41, 5.74) is 3.55. The number of hydrazone groups is 1. The third-order valence-electron chi connectivity index (χ3n) is 3.42. The van der Waals surface area contributed by atoms with Crippen LogP contribution in [0.25, 0.3) is 6.08 Å². The van der Waals surface area contributed by atoms with Crippen molar-refractivity contribution in [3.63, 3.8) is 0 Å². The highest BCUT2D eigenvalue weighted by Crippen LogP contribution is 2.28. The van der Waals surface area contributed by atoms with Crippen molar-refractivity contribution in [3.05, 3.63) is 69.6 Å². The molecule has 2 aromatic rings. The minimum absolute atomic E-state index is 0.284. The Balaban J connectivity index is 1.72. The van der Waals surface area contributed by atoms with Crippen LogP contribution in [0.2, 0.25) is 5.02 Å². The Labute approximate surface area is 159 Å². The van der Waals surface area contributed by atoms with E-state index in [0.29, 0.717) is 21.2 Å². The summed E-state index contributed by atoms with van der Waals surface area (Å²) in [7, 11) is 1.57. The van der Waals surface area contributed by atoms with Crippen molar-refractivity contribution >= 4 is 46.4 Å². The van der Waals surface area contributed by atoms with Crippen molar-refractivity contribution in [1.82, 2.24) is 10.7 Å². The van der Waals surface area contributed by atoms with Gasteiger partial charge in [0.05, 0.1) is 12.0 Å². The Morgan fingerprint density at radius 3 is 2.85 bits per heavy atom. The number of halogens is 1. The molecule has 0 atom stereocenters. The molecular formula is C18H14ClN3O3S. The molecule has 0 radical (unpaired) electrons. The average molecular weight is 388 g/mol. The summed E-state index contributed by atoms with van der Waals surface area (Å²) in [5, 5.41) is 7.29. The first-order chi connectivity index (χ1) is 12.6. The number of hydrogen-bond acceptors (Lipinski definition) is 5. The molecule has 0 unspecified atom stereocenters. The molecule has 0 bridgehead atoms. The third-order valence-corrected chi connectivity index (χ3v) is 4.57.